The van der Waals surface area contributed by atoms with Gasteiger partial charge in [-0.15, -0.1) is 0 Å². The number of carbonyl (C=O) groups excluding carboxylic acids is 2. The van der Waals surface area contributed by atoms with Crippen LogP contribution in [0.5, 0.6) is 11.5 Å². The Morgan fingerprint density at radius 1 is 1.11 bits per heavy atom. The fourth-order valence-corrected chi connectivity index (χ4v) is 5.64. The van der Waals surface area contributed by atoms with Crippen molar-refractivity contribution in [2.24, 2.45) is 0 Å². The van der Waals surface area contributed by atoms with Crippen molar-refractivity contribution in [3.8, 4) is 11.5 Å². The van der Waals surface area contributed by atoms with Crippen molar-refractivity contribution in [3.05, 3.63) is 58.7 Å². The van der Waals surface area contributed by atoms with Crippen molar-refractivity contribution < 1.29 is 19.1 Å². The summed E-state index contributed by atoms with van der Waals surface area (Å²) in [5.74, 6) is 0.908. The lowest BCUT2D eigenvalue weighted by molar-refractivity contribution is -0.133. The van der Waals surface area contributed by atoms with Crippen molar-refractivity contribution in [2.45, 2.75) is 57.3 Å². The van der Waals surface area contributed by atoms with E-state index in [-0.39, 0.29) is 24.4 Å². The van der Waals surface area contributed by atoms with Crippen molar-refractivity contribution >= 4 is 34.3 Å². The van der Waals surface area contributed by atoms with Gasteiger partial charge in [-0.25, -0.2) is 0 Å². The van der Waals surface area contributed by atoms with Crippen LogP contribution in [0.3, 0.4) is 0 Å². The van der Waals surface area contributed by atoms with Crippen LogP contribution in [0.4, 0.5) is 0 Å². The van der Waals surface area contributed by atoms with Gasteiger partial charge in [-0.2, -0.15) is 0 Å². The number of carbonyl (C=O) groups is 2. The smallest absolute Gasteiger partial charge is 0.271 e. The molecule has 1 fully saturated rings. The number of methoxy groups -OCH3 is 2. The second-order valence-corrected chi connectivity index (χ2v) is 10.0. The molecule has 1 aliphatic heterocycles. The van der Waals surface area contributed by atoms with Gasteiger partial charge >= 0.3 is 0 Å². The van der Waals surface area contributed by atoms with E-state index in [0.717, 1.165) is 42.1 Å². The SMILES string of the molecule is COc1ccc(OC)c2c1cc1n2C[C@@](C)(C(=O)NC2CCCC2)N(Cc2cccc(Cl)c2)C1=O. The number of hydrogen-bond acceptors (Lipinski definition) is 4. The number of fused-ring (bicyclic) bond motifs is 3. The molecule has 0 spiro atoms. The molecule has 2 aliphatic rings. The molecule has 35 heavy (non-hydrogen) atoms. The van der Waals surface area contributed by atoms with Crippen molar-refractivity contribution in [3.63, 3.8) is 0 Å². The highest BCUT2D eigenvalue weighted by Gasteiger charge is 2.48. The summed E-state index contributed by atoms with van der Waals surface area (Å²) < 4.78 is 13.1. The zero-order chi connectivity index (χ0) is 24.7. The van der Waals surface area contributed by atoms with Gasteiger partial charge in [0.05, 0.1) is 26.3 Å². The molecule has 2 heterocycles. The van der Waals surface area contributed by atoms with Gasteiger partial charge in [-0.3, -0.25) is 9.59 Å². The molecule has 7 nitrogen and oxygen atoms in total. The lowest BCUT2D eigenvalue weighted by Gasteiger charge is -2.44. The van der Waals surface area contributed by atoms with Gasteiger partial charge in [-0.05, 0) is 55.7 Å². The third kappa shape index (κ3) is 4.01. The first kappa shape index (κ1) is 23.5. The fraction of sp³-hybridized carbons (Fsp3) is 0.407. The molecule has 1 saturated carbocycles. The Labute approximate surface area is 209 Å². The maximum Gasteiger partial charge on any atom is 0.271 e. The molecule has 5 rings (SSSR count). The van der Waals surface area contributed by atoms with E-state index < -0.39 is 5.54 Å². The van der Waals surface area contributed by atoms with Crippen LogP contribution in [0.2, 0.25) is 5.02 Å². The van der Waals surface area contributed by atoms with Crippen LogP contribution in [-0.4, -0.2) is 47.1 Å². The number of aromatic nitrogens is 1. The molecule has 2 amide bonds. The first-order chi connectivity index (χ1) is 16.9. The van der Waals surface area contributed by atoms with Crippen LogP contribution in [0.15, 0.2) is 42.5 Å². The molecule has 1 N–H and O–H groups in total. The van der Waals surface area contributed by atoms with Gasteiger partial charge in [0.2, 0.25) is 5.91 Å². The molecule has 1 aliphatic carbocycles. The summed E-state index contributed by atoms with van der Waals surface area (Å²) in [5, 5.41) is 4.60. The Morgan fingerprint density at radius 2 is 1.83 bits per heavy atom. The average Bonchev–Trinajstić information content (AvgIpc) is 3.49. The zero-order valence-corrected chi connectivity index (χ0v) is 21.0. The van der Waals surface area contributed by atoms with Crippen LogP contribution >= 0.6 is 11.6 Å². The second-order valence-electron chi connectivity index (χ2n) is 9.60. The summed E-state index contributed by atoms with van der Waals surface area (Å²) in [6, 6.07) is 13.0. The normalized spacial score (nSPS) is 20.2. The summed E-state index contributed by atoms with van der Waals surface area (Å²) in [7, 11) is 3.20. The monoisotopic (exact) mass is 495 g/mol. The predicted molar refractivity (Wildman–Crippen MR) is 135 cm³/mol. The number of halogens is 1. The van der Waals surface area contributed by atoms with E-state index in [4.69, 9.17) is 21.1 Å². The number of amides is 2. The Balaban J connectivity index is 1.64. The summed E-state index contributed by atoms with van der Waals surface area (Å²) in [4.78, 5) is 29.6. The molecule has 3 aromatic rings. The average molecular weight is 496 g/mol. The number of ether oxygens (including phenoxy) is 2. The second kappa shape index (κ2) is 9.11. The van der Waals surface area contributed by atoms with E-state index in [1.165, 1.54) is 0 Å². The number of nitrogens with zero attached hydrogens (tertiary/aromatic N) is 2. The molecule has 0 saturated heterocycles. The summed E-state index contributed by atoms with van der Waals surface area (Å²) in [6.45, 7) is 2.41. The van der Waals surface area contributed by atoms with Crippen molar-refractivity contribution in [1.29, 1.82) is 0 Å². The van der Waals surface area contributed by atoms with Gasteiger partial charge in [0.15, 0.2) is 0 Å². The molecule has 0 unspecified atom stereocenters. The first-order valence-electron chi connectivity index (χ1n) is 12.0. The highest BCUT2D eigenvalue weighted by atomic mass is 35.5. The third-order valence-electron chi connectivity index (χ3n) is 7.36. The summed E-state index contributed by atoms with van der Waals surface area (Å²) in [6.07, 6.45) is 4.14. The Kier molecular flexibility index (Phi) is 6.13. The molecule has 8 heteroatoms. The minimum Gasteiger partial charge on any atom is -0.496 e. The summed E-state index contributed by atoms with van der Waals surface area (Å²) >= 11 is 6.23. The summed E-state index contributed by atoms with van der Waals surface area (Å²) in [5.41, 5.74) is 0.994. The molecule has 1 aromatic heterocycles. The van der Waals surface area contributed by atoms with E-state index in [1.54, 1.807) is 25.2 Å². The number of hydrogen-bond donors (Lipinski definition) is 1. The van der Waals surface area contributed by atoms with Crippen LogP contribution in [0.1, 0.15) is 48.7 Å². The van der Waals surface area contributed by atoms with E-state index in [0.29, 0.717) is 28.8 Å². The minimum absolute atomic E-state index is 0.139. The van der Waals surface area contributed by atoms with Crippen LogP contribution in [0.25, 0.3) is 10.9 Å². The largest absolute Gasteiger partial charge is 0.496 e. The van der Waals surface area contributed by atoms with Gasteiger partial charge in [0, 0.05) is 23.0 Å². The van der Waals surface area contributed by atoms with Crippen molar-refractivity contribution in [1.82, 2.24) is 14.8 Å². The third-order valence-corrected chi connectivity index (χ3v) is 7.59. The van der Waals surface area contributed by atoms with Crippen LogP contribution in [0, 0.1) is 0 Å². The maximum absolute atomic E-state index is 14.0. The highest BCUT2D eigenvalue weighted by Crippen LogP contribution is 2.40. The Morgan fingerprint density at radius 3 is 2.51 bits per heavy atom. The van der Waals surface area contributed by atoms with Gasteiger partial charge < -0.3 is 24.3 Å². The van der Waals surface area contributed by atoms with Crippen LogP contribution in [-0.2, 0) is 17.9 Å². The predicted octanol–water partition coefficient (Wildman–Crippen LogP) is 4.79. The van der Waals surface area contributed by atoms with Gasteiger partial charge in [0.1, 0.15) is 22.7 Å². The minimum atomic E-state index is -1.12. The maximum atomic E-state index is 14.0. The molecular weight excluding hydrogens is 466 g/mol. The molecule has 0 radical (unpaired) electrons. The molecule has 184 valence electrons. The van der Waals surface area contributed by atoms with E-state index >= 15 is 0 Å². The van der Waals surface area contributed by atoms with Crippen molar-refractivity contribution in [2.75, 3.05) is 14.2 Å². The molecular formula is C27H30ClN3O4. The van der Waals surface area contributed by atoms with E-state index in [9.17, 15) is 9.59 Å². The Hall–Kier alpha value is -3.19. The molecule has 0 bridgehead atoms. The standard InChI is InChI=1S/C27H30ClN3O4/c1-27(26(33)29-19-9-4-5-10-19)16-30-21(14-20-22(34-2)11-12-23(35-3)24(20)30)25(32)31(27)15-17-7-6-8-18(28)13-17/h6-8,11-14,19H,4-5,9-10,15-16H2,1-3H3,(H,29,33)/t27-/m0/s1. The lowest BCUT2D eigenvalue weighted by atomic mass is 9.93. The molecule has 2 aromatic carbocycles. The first-order valence-corrected chi connectivity index (χ1v) is 12.3. The number of nitrogens with one attached hydrogen (secondary N) is 1. The Bertz CT molecular complexity index is 1300. The number of rotatable bonds is 6. The van der Waals surface area contributed by atoms with E-state index in [2.05, 4.69) is 5.32 Å². The molecule has 1 atom stereocenters. The van der Waals surface area contributed by atoms with Crippen LogP contribution < -0.4 is 14.8 Å². The highest BCUT2D eigenvalue weighted by molar-refractivity contribution is 6.30. The lowest BCUT2D eigenvalue weighted by Crippen LogP contribution is -2.64. The topological polar surface area (TPSA) is 72.8 Å². The van der Waals surface area contributed by atoms with Gasteiger partial charge in [-0.1, -0.05) is 36.6 Å². The zero-order valence-electron chi connectivity index (χ0n) is 20.3. The van der Waals surface area contributed by atoms with E-state index in [1.807, 2.05) is 47.9 Å². The number of benzene rings is 2. The fourth-order valence-electron chi connectivity index (χ4n) is 5.43. The quantitative estimate of drug-likeness (QED) is 0.534. The van der Waals surface area contributed by atoms with Gasteiger partial charge in [0.25, 0.3) is 5.91 Å².